The Labute approximate surface area is 72.6 Å². The van der Waals surface area contributed by atoms with Crippen LogP contribution in [-0.2, 0) is 12.8 Å². The molecule has 0 unspecified atom stereocenters. The molecule has 1 heteroatoms. The van der Waals surface area contributed by atoms with E-state index in [2.05, 4.69) is 19.1 Å². The predicted molar refractivity (Wildman–Crippen MR) is 47.9 cm³/mol. The third-order valence-electron chi connectivity index (χ3n) is 2.64. The molecule has 1 aliphatic rings. The molecule has 2 rings (SSSR count). The van der Waals surface area contributed by atoms with Crippen LogP contribution < -0.4 is 0 Å². The maximum atomic E-state index is 8.84. The first-order chi connectivity index (χ1) is 5.83. The van der Waals surface area contributed by atoms with Crippen molar-refractivity contribution in [1.82, 2.24) is 0 Å². The summed E-state index contributed by atoms with van der Waals surface area (Å²) in [4.78, 5) is 0. The number of aryl methyl sites for hydroxylation is 1. The standard InChI is InChI=1S/C11H11N/c1-8-5-6-9(7-12)11-4-2-3-10(8)11/h5-6H,2-4H2,1H3. The minimum atomic E-state index is 0.883. The Hall–Kier alpha value is -1.29. The van der Waals surface area contributed by atoms with E-state index in [9.17, 15) is 0 Å². The van der Waals surface area contributed by atoms with Crippen molar-refractivity contribution >= 4 is 0 Å². The van der Waals surface area contributed by atoms with Gasteiger partial charge in [0.2, 0.25) is 0 Å². The van der Waals surface area contributed by atoms with E-state index >= 15 is 0 Å². The summed E-state index contributed by atoms with van der Waals surface area (Å²) in [6.45, 7) is 2.13. The zero-order chi connectivity index (χ0) is 8.55. The van der Waals surface area contributed by atoms with Gasteiger partial charge in [-0.15, -0.1) is 0 Å². The van der Waals surface area contributed by atoms with Crippen LogP contribution in [0, 0.1) is 18.3 Å². The Morgan fingerprint density at radius 2 is 2.00 bits per heavy atom. The molecule has 0 aromatic heterocycles. The number of hydrogen-bond acceptors (Lipinski definition) is 1. The van der Waals surface area contributed by atoms with Crippen molar-refractivity contribution in [2.75, 3.05) is 0 Å². The van der Waals surface area contributed by atoms with Crippen LogP contribution in [0.4, 0.5) is 0 Å². The van der Waals surface area contributed by atoms with E-state index in [4.69, 9.17) is 5.26 Å². The molecule has 60 valence electrons. The molecule has 0 saturated carbocycles. The van der Waals surface area contributed by atoms with Crippen molar-refractivity contribution in [2.45, 2.75) is 26.2 Å². The van der Waals surface area contributed by atoms with Crippen LogP contribution in [0.15, 0.2) is 12.1 Å². The normalized spacial score (nSPS) is 14.0. The van der Waals surface area contributed by atoms with E-state index in [1.807, 2.05) is 6.07 Å². The van der Waals surface area contributed by atoms with Gasteiger partial charge < -0.3 is 0 Å². The van der Waals surface area contributed by atoms with Gasteiger partial charge in [-0.3, -0.25) is 0 Å². The first kappa shape index (κ1) is 7.36. The van der Waals surface area contributed by atoms with E-state index < -0.39 is 0 Å². The first-order valence-corrected chi connectivity index (χ1v) is 4.34. The van der Waals surface area contributed by atoms with Crippen LogP contribution in [-0.4, -0.2) is 0 Å². The average molecular weight is 157 g/mol. The highest BCUT2D eigenvalue weighted by atomic mass is 14.3. The van der Waals surface area contributed by atoms with Crippen molar-refractivity contribution < 1.29 is 0 Å². The molecule has 0 radical (unpaired) electrons. The van der Waals surface area contributed by atoms with Crippen LogP contribution in [0.5, 0.6) is 0 Å². The minimum Gasteiger partial charge on any atom is -0.192 e. The molecule has 1 aromatic carbocycles. The van der Waals surface area contributed by atoms with E-state index in [1.54, 1.807) is 0 Å². The third-order valence-corrected chi connectivity index (χ3v) is 2.64. The maximum Gasteiger partial charge on any atom is 0.0994 e. The van der Waals surface area contributed by atoms with E-state index in [1.165, 1.54) is 23.1 Å². The Morgan fingerprint density at radius 3 is 2.75 bits per heavy atom. The number of benzene rings is 1. The van der Waals surface area contributed by atoms with Gasteiger partial charge in [0.15, 0.2) is 0 Å². The summed E-state index contributed by atoms with van der Waals surface area (Å²) >= 11 is 0. The molecule has 0 bridgehead atoms. The second-order valence-electron chi connectivity index (χ2n) is 3.35. The molecule has 0 atom stereocenters. The quantitative estimate of drug-likeness (QED) is 0.567. The van der Waals surface area contributed by atoms with Gasteiger partial charge in [-0.2, -0.15) is 5.26 Å². The van der Waals surface area contributed by atoms with Gasteiger partial charge in [-0.1, -0.05) is 6.07 Å². The lowest BCUT2D eigenvalue weighted by Gasteiger charge is -2.04. The second-order valence-corrected chi connectivity index (χ2v) is 3.35. The van der Waals surface area contributed by atoms with Crippen molar-refractivity contribution in [1.29, 1.82) is 5.26 Å². The minimum absolute atomic E-state index is 0.883. The summed E-state index contributed by atoms with van der Waals surface area (Å²) in [5.41, 5.74) is 4.96. The smallest absolute Gasteiger partial charge is 0.0994 e. The first-order valence-electron chi connectivity index (χ1n) is 4.34. The lowest BCUT2D eigenvalue weighted by Crippen LogP contribution is -1.91. The number of rotatable bonds is 0. The molecule has 1 nitrogen and oxygen atoms in total. The zero-order valence-corrected chi connectivity index (χ0v) is 7.22. The lowest BCUT2D eigenvalue weighted by atomic mass is 10.00. The summed E-state index contributed by atoms with van der Waals surface area (Å²) < 4.78 is 0. The topological polar surface area (TPSA) is 23.8 Å². The summed E-state index contributed by atoms with van der Waals surface area (Å²) in [5, 5.41) is 8.84. The monoisotopic (exact) mass is 157 g/mol. The summed E-state index contributed by atoms with van der Waals surface area (Å²) in [6.07, 6.45) is 3.48. The Morgan fingerprint density at radius 1 is 1.25 bits per heavy atom. The van der Waals surface area contributed by atoms with Crippen LogP contribution >= 0.6 is 0 Å². The van der Waals surface area contributed by atoms with Gasteiger partial charge >= 0.3 is 0 Å². The van der Waals surface area contributed by atoms with E-state index in [-0.39, 0.29) is 0 Å². The summed E-state index contributed by atoms with van der Waals surface area (Å²) in [7, 11) is 0. The number of hydrogen-bond donors (Lipinski definition) is 0. The summed E-state index contributed by atoms with van der Waals surface area (Å²) in [6, 6.07) is 6.26. The number of nitriles is 1. The van der Waals surface area contributed by atoms with Crippen LogP contribution in [0.25, 0.3) is 0 Å². The molecule has 0 aliphatic heterocycles. The zero-order valence-electron chi connectivity index (χ0n) is 7.22. The van der Waals surface area contributed by atoms with E-state index in [0.717, 1.165) is 18.4 Å². The molecule has 0 saturated heterocycles. The fourth-order valence-electron chi connectivity index (χ4n) is 1.99. The fraction of sp³-hybridized carbons (Fsp3) is 0.364. The SMILES string of the molecule is Cc1ccc(C#N)c2c1CCC2. The molecule has 0 spiro atoms. The van der Waals surface area contributed by atoms with E-state index in [0.29, 0.717) is 0 Å². The maximum absolute atomic E-state index is 8.84. The average Bonchev–Trinajstić information content (AvgIpc) is 2.54. The number of fused-ring (bicyclic) bond motifs is 1. The molecule has 12 heavy (non-hydrogen) atoms. The largest absolute Gasteiger partial charge is 0.192 e. The fourth-order valence-corrected chi connectivity index (χ4v) is 1.99. The van der Waals surface area contributed by atoms with Gasteiger partial charge in [0, 0.05) is 0 Å². The Balaban J connectivity index is 2.66. The molecule has 0 amide bonds. The Bertz CT molecular complexity index is 358. The van der Waals surface area contributed by atoms with Crippen molar-refractivity contribution in [3.8, 4) is 6.07 Å². The van der Waals surface area contributed by atoms with Crippen LogP contribution in [0.2, 0.25) is 0 Å². The summed E-state index contributed by atoms with van der Waals surface area (Å²) in [5.74, 6) is 0. The highest BCUT2D eigenvalue weighted by Crippen LogP contribution is 2.27. The molecular weight excluding hydrogens is 146 g/mol. The lowest BCUT2D eigenvalue weighted by molar-refractivity contribution is 0.908. The molecule has 1 aliphatic carbocycles. The molecule has 1 aromatic rings. The third kappa shape index (κ3) is 0.921. The van der Waals surface area contributed by atoms with Gasteiger partial charge in [-0.25, -0.2) is 0 Å². The molecular formula is C11H11N. The van der Waals surface area contributed by atoms with Crippen molar-refractivity contribution in [3.05, 3.63) is 34.4 Å². The van der Waals surface area contributed by atoms with Gasteiger partial charge in [-0.05, 0) is 48.9 Å². The van der Waals surface area contributed by atoms with Gasteiger partial charge in [0.1, 0.15) is 0 Å². The Kier molecular flexibility index (Phi) is 1.62. The molecule has 0 heterocycles. The highest BCUT2D eigenvalue weighted by Gasteiger charge is 2.15. The highest BCUT2D eigenvalue weighted by molar-refractivity contribution is 5.48. The van der Waals surface area contributed by atoms with Crippen molar-refractivity contribution in [2.24, 2.45) is 0 Å². The molecule has 0 N–H and O–H groups in total. The van der Waals surface area contributed by atoms with Crippen LogP contribution in [0.1, 0.15) is 28.7 Å². The predicted octanol–water partition coefficient (Wildman–Crippen LogP) is 2.36. The van der Waals surface area contributed by atoms with Gasteiger partial charge in [0.05, 0.1) is 11.6 Å². The van der Waals surface area contributed by atoms with Gasteiger partial charge in [0.25, 0.3) is 0 Å². The van der Waals surface area contributed by atoms with Crippen molar-refractivity contribution in [3.63, 3.8) is 0 Å². The van der Waals surface area contributed by atoms with Crippen LogP contribution in [0.3, 0.4) is 0 Å². The molecule has 0 fully saturated rings. The number of nitrogens with zero attached hydrogens (tertiary/aromatic N) is 1. The second kappa shape index (κ2) is 2.64.